The molecule has 5 N–H and O–H groups in total. The van der Waals surface area contributed by atoms with Crippen molar-refractivity contribution < 1.29 is 18.3 Å². The van der Waals surface area contributed by atoms with E-state index in [9.17, 15) is 18.3 Å². The molecule has 0 aromatic heterocycles. The standard InChI is InChI=1S/C12H18N4O4S.ClH/c1-8(17)7-15-16(12(13)14)11(18)9-4-3-5-10(6-9)21(2,19)20;/h3-6,8,15,17H,7H2,1-2H3,(H3,13,14);1H/t8-;/m1./s1. The fourth-order valence-corrected chi connectivity index (χ4v) is 2.15. The Bertz CT molecular complexity index is 648. The third-order valence-corrected chi connectivity index (χ3v) is 3.61. The summed E-state index contributed by atoms with van der Waals surface area (Å²) in [6, 6.07) is 5.42. The molecule has 0 heterocycles. The molecule has 8 nitrogen and oxygen atoms in total. The van der Waals surface area contributed by atoms with Crippen molar-refractivity contribution in [2.75, 3.05) is 12.8 Å². The summed E-state index contributed by atoms with van der Waals surface area (Å²) in [7, 11) is -3.45. The Hall–Kier alpha value is -1.68. The van der Waals surface area contributed by atoms with Crippen molar-refractivity contribution in [3.8, 4) is 0 Å². The van der Waals surface area contributed by atoms with Gasteiger partial charge in [0.1, 0.15) is 0 Å². The molecule has 0 aliphatic carbocycles. The molecule has 1 atom stereocenters. The van der Waals surface area contributed by atoms with Crippen LogP contribution in [-0.2, 0) is 9.84 Å². The Morgan fingerprint density at radius 3 is 2.55 bits per heavy atom. The molecule has 1 rings (SSSR count). The van der Waals surface area contributed by atoms with Crippen LogP contribution >= 0.6 is 12.4 Å². The average Bonchev–Trinajstić information content (AvgIpc) is 2.37. The Balaban J connectivity index is 0.00000441. The van der Waals surface area contributed by atoms with Gasteiger partial charge in [0.15, 0.2) is 9.84 Å². The lowest BCUT2D eigenvalue weighted by Crippen LogP contribution is -2.52. The lowest BCUT2D eigenvalue weighted by molar-refractivity contribution is 0.0755. The van der Waals surface area contributed by atoms with E-state index in [1.807, 2.05) is 0 Å². The topological polar surface area (TPSA) is 137 Å². The van der Waals surface area contributed by atoms with Crippen LogP contribution in [-0.4, -0.2) is 49.3 Å². The summed E-state index contributed by atoms with van der Waals surface area (Å²) in [5.74, 6) is -1.25. The quantitative estimate of drug-likeness (QED) is 0.328. The summed E-state index contributed by atoms with van der Waals surface area (Å²) in [5, 5.41) is 17.3. The first-order valence-corrected chi connectivity index (χ1v) is 7.92. The number of sulfone groups is 1. The van der Waals surface area contributed by atoms with Gasteiger partial charge in [-0.05, 0) is 25.1 Å². The lowest BCUT2D eigenvalue weighted by Gasteiger charge is -2.22. The molecule has 22 heavy (non-hydrogen) atoms. The number of amides is 1. The van der Waals surface area contributed by atoms with Crippen molar-refractivity contribution in [3.63, 3.8) is 0 Å². The molecular weight excluding hydrogens is 332 g/mol. The zero-order valence-electron chi connectivity index (χ0n) is 12.1. The number of halogens is 1. The average molecular weight is 351 g/mol. The number of hydrazine groups is 1. The molecule has 0 saturated carbocycles. The number of aliphatic hydroxyl groups is 1. The van der Waals surface area contributed by atoms with Crippen LogP contribution in [0, 0.1) is 5.41 Å². The molecule has 1 aromatic carbocycles. The fraction of sp³-hybridized carbons (Fsp3) is 0.333. The van der Waals surface area contributed by atoms with Crippen LogP contribution in [0.4, 0.5) is 0 Å². The van der Waals surface area contributed by atoms with E-state index in [0.717, 1.165) is 11.3 Å². The Labute approximate surface area is 135 Å². The van der Waals surface area contributed by atoms with Crippen LogP contribution in [0.25, 0.3) is 0 Å². The lowest BCUT2D eigenvalue weighted by atomic mass is 10.2. The zero-order valence-corrected chi connectivity index (χ0v) is 13.7. The number of benzene rings is 1. The number of hydrogen-bond acceptors (Lipinski definition) is 6. The number of carbonyl (C=O) groups is 1. The summed E-state index contributed by atoms with van der Waals surface area (Å²) in [6.45, 7) is 1.51. The van der Waals surface area contributed by atoms with Gasteiger partial charge >= 0.3 is 0 Å². The number of nitrogens with one attached hydrogen (secondary N) is 2. The zero-order chi connectivity index (χ0) is 16.2. The maximum atomic E-state index is 12.2. The summed E-state index contributed by atoms with van der Waals surface area (Å²) in [6.07, 6.45) is 0.285. The van der Waals surface area contributed by atoms with Crippen LogP contribution in [0.1, 0.15) is 17.3 Å². The Morgan fingerprint density at radius 1 is 1.50 bits per heavy atom. The highest BCUT2D eigenvalue weighted by molar-refractivity contribution is 7.90. The molecule has 0 aliphatic rings. The molecule has 10 heteroatoms. The molecule has 124 valence electrons. The molecule has 0 aliphatic heterocycles. The Kier molecular flexibility index (Phi) is 7.47. The number of hydrogen-bond donors (Lipinski definition) is 4. The molecule has 0 fully saturated rings. The van der Waals surface area contributed by atoms with Gasteiger partial charge in [0, 0.05) is 18.4 Å². The maximum Gasteiger partial charge on any atom is 0.275 e. The van der Waals surface area contributed by atoms with E-state index in [-0.39, 0.29) is 29.4 Å². The second-order valence-corrected chi connectivity index (χ2v) is 6.55. The molecule has 0 spiro atoms. The van der Waals surface area contributed by atoms with Crippen molar-refractivity contribution in [3.05, 3.63) is 29.8 Å². The SMILES string of the molecule is C[C@@H](O)CNN(C(=N)N)C(=O)c1cccc(S(C)(=O)=O)c1.Cl. The van der Waals surface area contributed by atoms with E-state index in [1.54, 1.807) is 0 Å². The summed E-state index contributed by atoms with van der Waals surface area (Å²) in [5.41, 5.74) is 7.88. The first-order valence-electron chi connectivity index (χ1n) is 6.03. The van der Waals surface area contributed by atoms with Gasteiger partial charge in [0.05, 0.1) is 11.0 Å². The number of carbonyl (C=O) groups excluding carboxylic acids is 1. The third-order valence-electron chi connectivity index (χ3n) is 2.50. The van der Waals surface area contributed by atoms with Crippen LogP contribution in [0.3, 0.4) is 0 Å². The van der Waals surface area contributed by atoms with Crippen molar-refractivity contribution in [2.45, 2.75) is 17.9 Å². The molecular formula is C12H19ClN4O4S. The largest absolute Gasteiger partial charge is 0.392 e. The maximum absolute atomic E-state index is 12.2. The number of guanidine groups is 1. The predicted molar refractivity (Wildman–Crippen MR) is 84.6 cm³/mol. The molecule has 0 radical (unpaired) electrons. The van der Waals surface area contributed by atoms with Crippen LogP contribution in [0.2, 0.25) is 0 Å². The van der Waals surface area contributed by atoms with Gasteiger partial charge in [0.2, 0.25) is 5.96 Å². The smallest absolute Gasteiger partial charge is 0.275 e. The van der Waals surface area contributed by atoms with Crippen LogP contribution in [0.5, 0.6) is 0 Å². The van der Waals surface area contributed by atoms with Gasteiger partial charge in [-0.25, -0.2) is 18.9 Å². The highest BCUT2D eigenvalue weighted by atomic mass is 35.5. The second-order valence-electron chi connectivity index (χ2n) is 4.54. The third kappa shape index (κ3) is 5.60. The minimum Gasteiger partial charge on any atom is -0.392 e. The van der Waals surface area contributed by atoms with Crippen molar-refractivity contribution >= 4 is 34.1 Å². The molecule has 0 saturated heterocycles. The van der Waals surface area contributed by atoms with Crippen LogP contribution < -0.4 is 11.2 Å². The van der Waals surface area contributed by atoms with Gasteiger partial charge in [-0.2, -0.15) is 0 Å². The minimum absolute atomic E-state index is 0. The van der Waals surface area contributed by atoms with Crippen molar-refractivity contribution in [1.82, 2.24) is 10.4 Å². The van der Waals surface area contributed by atoms with Crippen molar-refractivity contribution in [1.29, 1.82) is 5.41 Å². The van der Waals surface area contributed by atoms with E-state index in [1.165, 1.54) is 31.2 Å². The summed E-state index contributed by atoms with van der Waals surface area (Å²) >= 11 is 0. The van der Waals surface area contributed by atoms with Gasteiger partial charge < -0.3 is 10.8 Å². The van der Waals surface area contributed by atoms with Gasteiger partial charge in [-0.3, -0.25) is 10.2 Å². The van der Waals surface area contributed by atoms with E-state index < -0.39 is 27.8 Å². The molecule has 1 aromatic rings. The summed E-state index contributed by atoms with van der Waals surface area (Å²) in [4.78, 5) is 12.2. The van der Waals surface area contributed by atoms with Gasteiger partial charge in [-0.15, -0.1) is 12.4 Å². The van der Waals surface area contributed by atoms with E-state index in [2.05, 4.69) is 5.43 Å². The number of rotatable bonds is 5. The first-order chi connectivity index (χ1) is 9.62. The van der Waals surface area contributed by atoms with Crippen molar-refractivity contribution in [2.24, 2.45) is 5.73 Å². The first kappa shape index (κ1) is 20.3. The monoisotopic (exact) mass is 350 g/mol. The normalized spacial score (nSPS) is 12.1. The van der Waals surface area contributed by atoms with E-state index in [0.29, 0.717) is 0 Å². The van der Waals surface area contributed by atoms with Crippen LogP contribution in [0.15, 0.2) is 29.2 Å². The predicted octanol–water partition coefficient (Wildman–Crippen LogP) is -0.267. The number of nitrogens with zero attached hydrogens (tertiary/aromatic N) is 1. The van der Waals surface area contributed by atoms with Gasteiger partial charge in [0.25, 0.3) is 5.91 Å². The minimum atomic E-state index is -3.45. The van der Waals surface area contributed by atoms with E-state index >= 15 is 0 Å². The highest BCUT2D eigenvalue weighted by Gasteiger charge is 2.20. The number of aliphatic hydroxyl groups excluding tert-OH is 1. The Morgan fingerprint density at radius 2 is 2.09 bits per heavy atom. The molecule has 0 bridgehead atoms. The summed E-state index contributed by atoms with van der Waals surface area (Å²) < 4.78 is 23.0. The van der Waals surface area contributed by atoms with Gasteiger partial charge in [-0.1, -0.05) is 6.07 Å². The number of nitrogens with two attached hydrogens (primary N) is 1. The molecule has 0 unspecified atom stereocenters. The highest BCUT2D eigenvalue weighted by Crippen LogP contribution is 2.12. The fourth-order valence-electron chi connectivity index (χ4n) is 1.48. The molecule has 1 amide bonds. The second kappa shape index (κ2) is 8.08. The van der Waals surface area contributed by atoms with E-state index in [4.69, 9.17) is 11.1 Å².